The Bertz CT molecular complexity index is 500. The fourth-order valence-electron chi connectivity index (χ4n) is 3.27. The minimum atomic E-state index is 0.0450. The van der Waals surface area contributed by atoms with E-state index in [2.05, 4.69) is 17.4 Å². The van der Waals surface area contributed by atoms with E-state index in [1.54, 1.807) is 0 Å². The molecule has 0 bridgehead atoms. The number of carbonyl (C=O) groups is 1. The lowest BCUT2D eigenvalue weighted by atomic mass is 9.84. The molecule has 120 valence electrons. The zero-order valence-electron chi connectivity index (χ0n) is 12.8. The summed E-state index contributed by atoms with van der Waals surface area (Å²) in [4.78, 5) is 12.4. The molecule has 1 heterocycles. The van der Waals surface area contributed by atoms with Crippen LogP contribution in [0.5, 0.6) is 0 Å². The first kappa shape index (κ1) is 16.2. The van der Waals surface area contributed by atoms with Crippen molar-refractivity contribution in [1.29, 1.82) is 0 Å². The highest BCUT2D eigenvalue weighted by Gasteiger charge is 2.25. The number of benzene rings is 1. The van der Waals surface area contributed by atoms with Crippen molar-refractivity contribution >= 4 is 29.4 Å². The van der Waals surface area contributed by atoms with Gasteiger partial charge in [-0.25, -0.2) is 0 Å². The van der Waals surface area contributed by atoms with Crippen LogP contribution in [0, 0.1) is 5.92 Å². The van der Waals surface area contributed by atoms with Gasteiger partial charge in [0.15, 0.2) is 0 Å². The molecule has 2 atom stereocenters. The second-order valence-electron chi connectivity index (χ2n) is 6.06. The van der Waals surface area contributed by atoms with Crippen LogP contribution in [0.25, 0.3) is 0 Å². The van der Waals surface area contributed by atoms with E-state index in [4.69, 9.17) is 5.73 Å². The quantitative estimate of drug-likeness (QED) is 0.885. The molecule has 1 aromatic carbocycles. The smallest absolute Gasteiger partial charge is 0.251 e. The van der Waals surface area contributed by atoms with Gasteiger partial charge in [0.2, 0.25) is 0 Å². The molecule has 1 saturated carbocycles. The highest BCUT2D eigenvalue weighted by molar-refractivity contribution is 8.19. The standard InChI is InChI=1S/C17H24N2OS2/c18-11-14-3-1-2-4-15(14)19-16(20)12-5-7-13(8-6-12)17-21-9-10-22-17/h5-8,14-15,17H,1-4,9-11,18H2,(H,19,20). The molecular weight excluding hydrogens is 312 g/mol. The largest absolute Gasteiger partial charge is 0.349 e. The third kappa shape index (κ3) is 3.81. The lowest BCUT2D eigenvalue weighted by molar-refractivity contribution is 0.0908. The number of nitrogens with two attached hydrogens (primary N) is 1. The van der Waals surface area contributed by atoms with Gasteiger partial charge in [-0.05, 0) is 43.0 Å². The van der Waals surface area contributed by atoms with Gasteiger partial charge >= 0.3 is 0 Å². The van der Waals surface area contributed by atoms with Gasteiger partial charge in [-0.3, -0.25) is 4.79 Å². The van der Waals surface area contributed by atoms with Crippen LogP contribution in [-0.4, -0.2) is 30.0 Å². The lowest BCUT2D eigenvalue weighted by Gasteiger charge is -2.31. The predicted molar refractivity (Wildman–Crippen MR) is 96.4 cm³/mol. The van der Waals surface area contributed by atoms with Crippen LogP contribution in [0.2, 0.25) is 0 Å². The maximum absolute atomic E-state index is 12.4. The Hall–Kier alpha value is -0.650. The molecule has 1 aliphatic heterocycles. The Morgan fingerprint density at radius 2 is 1.82 bits per heavy atom. The number of rotatable bonds is 4. The van der Waals surface area contributed by atoms with Crippen LogP contribution in [0.1, 0.15) is 46.2 Å². The molecule has 0 radical (unpaired) electrons. The van der Waals surface area contributed by atoms with E-state index in [1.807, 2.05) is 35.7 Å². The summed E-state index contributed by atoms with van der Waals surface area (Å²) in [5.74, 6) is 2.92. The fraction of sp³-hybridized carbons (Fsp3) is 0.588. The van der Waals surface area contributed by atoms with Crippen LogP contribution >= 0.6 is 23.5 Å². The second kappa shape index (κ2) is 7.75. The Morgan fingerprint density at radius 1 is 1.14 bits per heavy atom. The van der Waals surface area contributed by atoms with Gasteiger partial charge in [0.1, 0.15) is 0 Å². The average Bonchev–Trinajstić information content (AvgIpc) is 3.10. The second-order valence-corrected chi connectivity index (χ2v) is 8.78. The molecule has 5 heteroatoms. The summed E-state index contributed by atoms with van der Waals surface area (Å²) in [6.07, 6.45) is 4.62. The van der Waals surface area contributed by atoms with Crippen molar-refractivity contribution in [3.8, 4) is 0 Å². The molecule has 1 saturated heterocycles. The molecule has 22 heavy (non-hydrogen) atoms. The summed E-state index contributed by atoms with van der Waals surface area (Å²) in [5, 5.41) is 3.20. The Morgan fingerprint density at radius 3 is 2.50 bits per heavy atom. The van der Waals surface area contributed by atoms with Crippen molar-refractivity contribution in [1.82, 2.24) is 5.32 Å². The third-order valence-electron chi connectivity index (χ3n) is 4.60. The minimum absolute atomic E-state index is 0.0450. The normalized spacial score (nSPS) is 26.0. The van der Waals surface area contributed by atoms with E-state index < -0.39 is 0 Å². The Labute approximate surface area is 141 Å². The molecule has 0 spiro atoms. The van der Waals surface area contributed by atoms with Gasteiger partial charge in [0.25, 0.3) is 5.91 Å². The summed E-state index contributed by atoms with van der Waals surface area (Å²) >= 11 is 3.98. The molecule has 3 nitrogen and oxygen atoms in total. The Kier molecular flexibility index (Phi) is 5.71. The molecule has 2 aliphatic rings. The first-order valence-corrected chi connectivity index (χ1v) is 10.2. The number of carbonyl (C=O) groups excluding carboxylic acids is 1. The van der Waals surface area contributed by atoms with Gasteiger partial charge in [0.05, 0.1) is 4.58 Å². The van der Waals surface area contributed by atoms with Gasteiger partial charge in [-0.1, -0.05) is 25.0 Å². The highest BCUT2D eigenvalue weighted by atomic mass is 32.2. The molecule has 0 aromatic heterocycles. The molecule has 2 fully saturated rings. The zero-order valence-corrected chi connectivity index (χ0v) is 14.4. The molecule has 3 rings (SSSR count). The number of hydrogen-bond donors (Lipinski definition) is 2. The summed E-state index contributed by atoms with van der Waals surface area (Å²) < 4.78 is 0.539. The number of hydrogen-bond acceptors (Lipinski definition) is 4. The highest BCUT2D eigenvalue weighted by Crippen LogP contribution is 2.45. The first-order valence-electron chi connectivity index (χ1n) is 8.12. The predicted octanol–water partition coefficient (Wildman–Crippen LogP) is 3.41. The number of nitrogens with one attached hydrogen (secondary N) is 1. The third-order valence-corrected chi connectivity index (χ3v) is 7.70. The van der Waals surface area contributed by atoms with E-state index in [-0.39, 0.29) is 11.9 Å². The summed E-state index contributed by atoms with van der Waals surface area (Å²) in [5.41, 5.74) is 7.92. The summed E-state index contributed by atoms with van der Waals surface area (Å²) in [7, 11) is 0. The molecule has 3 N–H and O–H groups in total. The van der Waals surface area contributed by atoms with E-state index >= 15 is 0 Å². The summed E-state index contributed by atoms with van der Waals surface area (Å²) in [6, 6.07) is 8.37. The Balaban J connectivity index is 1.61. The van der Waals surface area contributed by atoms with Gasteiger partial charge in [-0.15, -0.1) is 23.5 Å². The van der Waals surface area contributed by atoms with Crippen molar-refractivity contribution in [2.24, 2.45) is 11.7 Å². The van der Waals surface area contributed by atoms with E-state index in [0.717, 1.165) is 18.4 Å². The first-order chi connectivity index (χ1) is 10.8. The van der Waals surface area contributed by atoms with Crippen molar-refractivity contribution in [3.63, 3.8) is 0 Å². The maximum Gasteiger partial charge on any atom is 0.251 e. The average molecular weight is 337 g/mol. The van der Waals surface area contributed by atoms with Crippen LogP contribution < -0.4 is 11.1 Å². The van der Waals surface area contributed by atoms with E-state index in [0.29, 0.717) is 17.0 Å². The lowest BCUT2D eigenvalue weighted by Crippen LogP contribution is -2.44. The van der Waals surface area contributed by atoms with Crippen molar-refractivity contribution < 1.29 is 4.79 Å². The van der Waals surface area contributed by atoms with Crippen LogP contribution in [0.4, 0.5) is 0 Å². The fourth-order valence-corrected chi connectivity index (χ4v) is 6.13. The van der Waals surface area contributed by atoms with E-state index in [9.17, 15) is 4.79 Å². The molecule has 2 unspecified atom stereocenters. The van der Waals surface area contributed by atoms with Gasteiger partial charge < -0.3 is 11.1 Å². The SMILES string of the molecule is NCC1CCCCC1NC(=O)c1ccc(C2SCCS2)cc1. The number of amides is 1. The van der Waals surface area contributed by atoms with Crippen LogP contribution in [0.3, 0.4) is 0 Å². The zero-order chi connectivity index (χ0) is 15.4. The molecule has 1 aliphatic carbocycles. The van der Waals surface area contributed by atoms with Crippen LogP contribution in [-0.2, 0) is 0 Å². The minimum Gasteiger partial charge on any atom is -0.349 e. The summed E-state index contributed by atoms with van der Waals surface area (Å²) in [6.45, 7) is 0.667. The van der Waals surface area contributed by atoms with Crippen molar-refractivity contribution in [3.05, 3.63) is 35.4 Å². The number of thioether (sulfide) groups is 2. The monoisotopic (exact) mass is 336 g/mol. The van der Waals surface area contributed by atoms with E-state index in [1.165, 1.54) is 29.9 Å². The van der Waals surface area contributed by atoms with Crippen LogP contribution in [0.15, 0.2) is 24.3 Å². The van der Waals surface area contributed by atoms with Gasteiger partial charge in [0, 0.05) is 23.1 Å². The van der Waals surface area contributed by atoms with Crippen molar-refractivity contribution in [2.75, 3.05) is 18.1 Å². The van der Waals surface area contributed by atoms with Gasteiger partial charge in [-0.2, -0.15) is 0 Å². The molecule has 1 amide bonds. The topological polar surface area (TPSA) is 55.1 Å². The maximum atomic E-state index is 12.4. The van der Waals surface area contributed by atoms with Crippen molar-refractivity contribution in [2.45, 2.75) is 36.3 Å². The molecular formula is C17H24N2OS2. The molecule has 1 aromatic rings.